The third-order valence-electron chi connectivity index (χ3n) is 2.05. The Morgan fingerprint density at radius 2 is 2.07 bits per heavy atom. The lowest BCUT2D eigenvalue weighted by atomic mass is 10.1. The molecule has 0 aromatic carbocycles. The molecule has 0 bridgehead atoms. The molecule has 1 unspecified atom stereocenters. The summed E-state index contributed by atoms with van der Waals surface area (Å²) in [6.45, 7) is 2.53. The van der Waals surface area contributed by atoms with Gasteiger partial charge in [-0.1, -0.05) is 6.92 Å². The summed E-state index contributed by atoms with van der Waals surface area (Å²) in [6, 6.07) is 0.201. The molecule has 1 aromatic rings. The quantitative estimate of drug-likeness (QED) is 0.758. The summed E-state index contributed by atoms with van der Waals surface area (Å²) in [5, 5.41) is 0. The molecule has 0 saturated heterocycles. The van der Waals surface area contributed by atoms with Crippen LogP contribution in [0.5, 0.6) is 0 Å². The fraction of sp³-hybridized carbons (Fsp3) is 0.600. The first-order valence-electron chi connectivity index (χ1n) is 4.80. The highest BCUT2D eigenvalue weighted by Gasteiger charge is 2.02. The Labute approximate surface area is 84.5 Å². The first kappa shape index (κ1) is 11.1. The van der Waals surface area contributed by atoms with E-state index in [0.29, 0.717) is 12.4 Å². The molecule has 1 rings (SSSR count). The SMILES string of the molecule is CCC(N)Cc1cnc(COC)nc1. The van der Waals surface area contributed by atoms with Gasteiger partial charge in [0, 0.05) is 25.5 Å². The molecule has 1 aromatic heterocycles. The number of rotatable bonds is 5. The second-order valence-corrected chi connectivity index (χ2v) is 3.31. The second kappa shape index (κ2) is 5.67. The fourth-order valence-corrected chi connectivity index (χ4v) is 1.14. The zero-order chi connectivity index (χ0) is 10.4. The standard InChI is InChI=1S/C10H17N3O/c1-3-9(11)4-8-5-12-10(7-14-2)13-6-8/h5-6,9H,3-4,7,11H2,1-2H3. The maximum Gasteiger partial charge on any atom is 0.153 e. The predicted octanol–water partition coefficient (Wildman–Crippen LogP) is 0.903. The van der Waals surface area contributed by atoms with Crippen molar-refractivity contribution in [3.63, 3.8) is 0 Å². The topological polar surface area (TPSA) is 61.0 Å². The zero-order valence-electron chi connectivity index (χ0n) is 8.73. The molecule has 0 saturated carbocycles. The van der Waals surface area contributed by atoms with Gasteiger partial charge in [-0.05, 0) is 18.4 Å². The van der Waals surface area contributed by atoms with Crippen LogP contribution in [0.1, 0.15) is 24.7 Å². The molecule has 0 spiro atoms. The Balaban J connectivity index is 2.54. The average molecular weight is 195 g/mol. The molecule has 78 valence electrons. The van der Waals surface area contributed by atoms with E-state index in [0.717, 1.165) is 18.4 Å². The van der Waals surface area contributed by atoms with Gasteiger partial charge in [-0.25, -0.2) is 9.97 Å². The lowest BCUT2D eigenvalue weighted by Crippen LogP contribution is -2.21. The Kier molecular flexibility index (Phi) is 4.49. The van der Waals surface area contributed by atoms with Crippen LogP contribution in [0.25, 0.3) is 0 Å². The van der Waals surface area contributed by atoms with Crippen LogP contribution in [0.15, 0.2) is 12.4 Å². The molecule has 14 heavy (non-hydrogen) atoms. The van der Waals surface area contributed by atoms with Crippen molar-refractivity contribution in [2.45, 2.75) is 32.4 Å². The fourth-order valence-electron chi connectivity index (χ4n) is 1.14. The summed E-state index contributed by atoms with van der Waals surface area (Å²) < 4.78 is 4.92. The van der Waals surface area contributed by atoms with Gasteiger partial charge in [0.1, 0.15) is 6.61 Å². The molecule has 0 aliphatic carbocycles. The molecule has 2 N–H and O–H groups in total. The van der Waals surface area contributed by atoms with Gasteiger partial charge in [0.05, 0.1) is 0 Å². The van der Waals surface area contributed by atoms with Crippen LogP contribution >= 0.6 is 0 Å². The molecule has 4 nitrogen and oxygen atoms in total. The summed E-state index contributed by atoms with van der Waals surface area (Å²) in [7, 11) is 1.63. The van der Waals surface area contributed by atoms with E-state index >= 15 is 0 Å². The van der Waals surface area contributed by atoms with E-state index in [-0.39, 0.29) is 6.04 Å². The molecule has 0 radical (unpaired) electrons. The highest BCUT2D eigenvalue weighted by atomic mass is 16.5. The van der Waals surface area contributed by atoms with Crippen molar-refractivity contribution in [3.05, 3.63) is 23.8 Å². The first-order valence-corrected chi connectivity index (χ1v) is 4.80. The van der Waals surface area contributed by atoms with Crippen LogP contribution in [-0.4, -0.2) is 23.1 Å². The van der Waals surface area contributed by atoms with E-state index in [1.54, 1.807) is 7.11 Å². The van der Waals surface area contributed by atoms with Crippen molar-refractivity contribution in [2.75, 3.05) is 7.11 Å². The smallest absolute Gasteiger partial charge is 0.153 e. The Bertz CT molecular complexity index is 261. The van der Waals surface area contributed by atoms with Crippen molar-refractivity contribution in [1.29, 1.82) is 0 Å². The Morgan fingerprint density at radius 1 is 1.43 bits per heavy atom. The maximum atomic E-state index is 5.82. The molecule has 0 aliphatic heterocycles. The molecule has 1 atom stereocenters. The summed E-state index contributed by atoms with van der Waals surface area (Å²) in [6.07, 6.45) is 5.44. The van der Waals surface area contributed by atoms with Gasteiger partial charge in [-0.15, -0.1) is 0 Å². The number of hydrogen-bond acceptors (Lipinski definition) is 4. The lowest BCUT2D eigenvalue weighted by molar-refractivity contribution is 0.177. The third-order valence-corrected chi connectivity index (χ3v) is 2.05. The average Bonchev–Trinajstić information content (AvgIpc) is 2.21. The van der Waals surface area contributed by atoms with Crippen LogP contribution < -0.4 is 5.73 Å². The van der Waals surface area contributed by atoms with Crippen molar-refractivity contribution >= 4 is 0 Å². The van der Waals surface area contributed by atoms with Gasteiger partial charge in [0.25, 0.3) is 0 Å². The molecular weight excluding hydrogens is 178 g/mol. The normalized spacial score (nSPS) is 12.8. The third kappa shape index (κ3) is 3.40. The molecule has 4 heteroatoms. The van der Waals surface area contributed by atoms with Gasteiger partial charge in [0.2, 0.25) is 0 Å². The van der Waals surface area contributed by atoms with E-state index in [1.807, 2.05) is 12.4 Å². The van der Waals surface area contributed by atoms with E-state index in [4.69, 9.17) is 10.5 Å². The van der Waals surface area contributed by atoms with E-state index in [2.05, 4.69) is 16.9 Å². The minimum atomic E-state index is 0.201. The summed E-state index contributed by atoms with van der Waals surface area (Å²) in [5.41, 5.74) is 6.90. The Hall–Kier alpha value is -1.00. The van der Waals surface area contributed by atoms with Gasteiger partial charge in [-0.2, -0.15) is 0 Å². The van der Waals surface area contributed by atoms with Crippen LogP contribution in [0.2, 0.25) is 0 Å². The van der Waals surface area contributed by atoms with Gasteiger partial charge >= 0.3 is 0 Å². The number of nitrogens with two attached hydrogens (primary N) is 1. The zero-order valence-corrected chi connectivity index (χ0v) is 8.73. The minimum absolute atomic E-state index is 0.201. The highest BCUT2D eigenvalue weighted by molar-refractivity contribution is 5.06. The predicted molar refractivity (Wildman–Crippen MR) is 54.7 cm³/mol. The minimum Gasteiger partial charge on any atom is -0.377 e. The van der Waals surface area contributed by atoms with Gasteiger partial charge in [-0.3, -0.25) is 0 Å². The van der Waals surface area contributed by atoms with Crippen molar-refractivity contribution in [2.24, 2.45) is 5.73 Å². The number of ether oxygens (including phenoxy) is 1. The lowest BCUT2D eigenvalue weighted by Gasteiger charge is -2.07. The van der Waals surface area contributed by atoms with Crippen LogP contribution in [0.4, 0.5) is 0 Å². The molecule has 0 aliphatic rings. The maximum absolute atomic E-state index is 5.82. The number of hydrogen-bond donors (Lipinski definition) is 1. The summed E-state index contributed by atoms with van der Waals surface area (Å²) >= 11 is 0. The first-order chi connectivity index (χ1) is 6.76. The van der Waals surface area contributed by atoms with Crippen molar-refractivity contribution in [1.82, 2.24) is 9.97 Å². The Morgan fingerprint density at radius 3 is 2.57 bits per heavy atom. The van der Waals surface area contributed by atoms with Crippen LogP contribution in [-0.2, 0) is 17.8 Å². The summed E-state index contributed by atoms with van der Waals surface area (Å²) in [4.78, 5) is 8.33. The number of nitrogens with zero attached hydrogens (tertiary/aromatic N) is 2. The highest BCUT2D eigenvalue weighted by Crippen LogP contribution is 2.02. The molecule has 1 heterocycles. The molecule has 0 amide bonds. The van der Waals surface area contributed by atoms with Crippen molar-refractivity contribution < 1.29 is 4.74 Å². The van der Waals surface area contributed by atoms with Crippen LogP contribution in [0, 0.1) is 0 Å². The summed E-state index contributed by atoms with van der Waals surface area (Å²) in [5.74, 6) is 0.710. The van der Waals surface area contributed by atoms with E-state index in [1.165, 1.54) is 0 Å². The second-order valence-electron chi connectivity index (χ2n) is 3.31. The molecule has 0 fully saturated rings. The van der Waals surface area contributed by atoms with E-state index in [9.17, 15) is 0 Å². The number of methoxy groups -OCH3 is 1. The van der Waals surface area contributed by atoms with Crippen LogP contribution in [0.3, 0.4) is 0 Å². The monoisotopic (exact) mass is 195 g/mol. The van der Waals surface area contributed by atoms with Gasteiger partial charge in [0.15, 0.2) is 5.82 Å². The largest absolute Gasteiger partial charge is 0.377 e. The van der Waals surface area contributed by atoms with Crippen molar-refractivity contribution in [3.8, 4) is 0 Å². The number of aromatic nitrogens is 2. The molecular formula is C10H17N3O. The van der Waals surface area contributed by atoms with Gasteiger partial charge < -0.3 is 10.5 Å². The van der Waals surface area contributed by atoms with E-state index < -0.39 is 0 Å².